The highest BCUT2D eigenvalue weighted by Gasteiger charge is 2.10. The fraction of sp³-hybridized carbons (Fsp3) is 0.412. The number of nitrogens with one attached hydrogen (secondary N) is 1. The van der Waals surface area contributed by atoms with Gasteiger partial charge < -0.3 is 14.6 Å². The molecule has 0 atom stereocenters. The molecule has 0 aliphatic heterocycles. The Morgan fingerprint density at radius 1 is 1.36 bits per heavy atom. The molecule has 0 aromatic carbocycles. The van der Waals surface area contributed by atoms with Crippen LogP contribution in [0, 0.1) is 6.92 Å². The van der Waals surface area contributed by atoms with Crippen LogP contribution in [0.15, 0.2) is 35.7 Å². The van der Waals surface area contributed by atoms with Gasteiger partial charge in [0.2, 0.25) is 0 Å². The van der Waals surface area contributed by atoms with E-state index in [1.807, 2.05) is 37.3 Å². The van der Waals surface area contributed by atoms with E-state index in [9.17, 15) is 0 Å². The van der Waals surface area contributed by atoms with Crippen molar-refractivity contribution in [1.82, 2.24) is 34.4 Å². The molecule has 0 bridgehead atoms. The number of imidazole rings is 1. The maximum atomic E-state index is 4.72. The zero-order valence-electron chi connectivity index (χ0n) is 15.1. The molecule has 0 spiro atoms. The predicted octanol–water partition coefficient (Wildman–Crippen LogP) is 1.37. The van der Waals surface area contributed by atoms with Gasteiger partial charge >= 0.3 is 0 Å². The highest BCUT2D eigenvalue weighted by atomic mass is 15.4. The molecule has 1 N–H and O–H groups in total. The minimum atomic E-state index is 0.520. The van der Waals surface area contributed by atoms with Crippen molar-refractivity contribution in [1.29, 1.82) is 0 Å². The molecule has 0 amide bonds. The van der Waals surface area contributed by atoms with E-state index in [4.69, 9.17) is 4.99 Å². The molecule has 0 fully saturated rings. The van der Waals surface area contributed by atoms with Crippen LogP contribution < -0.4 is 5.32 Å². The summed E-state index contributed by atoms with van der Waals surface area (Å²) in [6.45, 7) is 6.08. The average molecular weight is 340 g/mol. The lowest BCUT2D eigenvalue weighted by molar-refractivity contribution is 0.448. The third-order valence-electron chi connectivity index (χ3n) is 4.02. The zero-order chi connectivity index (χ0) is 17.8. The summed E-state index contributed by atoms with van der Waals surface area (Å²) in [6.07, 6.45) is 3.60. The van der Waals surface area contributed by atoms with Crippen molar-refractivity contribution in [2.24, 2.45) is 12.0 Å². The number of guanidine groups is 1. The average Bonchev–Trinajstić information content (AvgIpc) is 3.18. The van der Waals surface area contributed by atoms with Gasteiger partial charge in [-0.05, 0) is 26.0 Å². The molecule has 8 heteroatoms. The first-order valence-corrected chi connectivity index (χ1v) is 8.34. The summed E-state index contributed by atoms with van der Waals surface area (Å²) in [5.41, 5.74) is 3.05. The van der Waals surface area contributed by atoms with Crippen molar-refractivity contribution >= 4 is 11.6 Å². The lowest BCUT2D eigenvalue weighted by atomic mass is 10.4. The van der Waals surface area contributed by atoms with Crippen LogP contribution in [0.1, 0.15) is 24.1 Å². The molecular weight excluding hydrogens is 316 g/mol. The maximum Gasteiger partial charge on any atom is 0.194 e. The van der Waals surface area contributed by atoms with Crippen LogP contribution in [-0.2, 0) is 20.1 Å². The van der Waals surface area contributed by atoms with Gasteiger partial charge in [0.1, 0.15) is 17.8 Å². The number of aromatic nitrogens is 5. The van der Waals surface area contributed by atoms with Crippen molar-refractivity contribution in [2.75, 3.05) is 13.6 Å². The van der Waals surface area contributed by atoms with Gasteiger partial charge in [-0.3, -0.25) is 4.68 Å². The monoisotopic (exact) mass is 340 g/mol. The molecule has 132 valence electrons. The van der Waals surface area contributed by atoms with Gasteiger partial charge in [0, 0.05) is 32.5 Å². The smallest absolute Gasteiger partial charge is 0.194 e. The van der Waals surface area contributed by atoms with E-state index in [1.165, 1.54) is 0 Å². The summed E-state index contributed by atoms with van der Waals surface area (Å²) in [5.74, 6) is 1.70. The summed E-state index contributed by atoms with van der Waals surface area (Å²) in [4.78, 5) is 15.7. The molecule has 0 saturated carbocycles. The molecule has 0 saturated heterocycles. The molecule has 0 unspecified atom stereocenters. The van der Waals surface area contributed by atoms with E-state index >= 15 is 0 Å². The Morgan fingerprint density at radius 3 is 2.88 bits per heavy atom. The Hall–Kier alpha value is -2.90. The Bertz CT molecular complexity index is 876. The van der Waals surface area contributed by atoms with Gasteiger partial charge in [-0.1, -0.05) is 6.07 Å². The highest BCUT2D eigenvalue weighted by Crippen LogP contribution is 2.09. The first kappa shape index (κ1) is 16.9. The minimum Gasteiger partial charge on any atom is -0.357 e. The Balaban J connectivity index is 1.76. The standard InChI is InChI=1S/C17H24N8/c1-5-18-17(23(3)11-16-20-12-21-24(16)4)19-9-14-10-25-13(2)7-6-8-15(25)22-14/h6-8,10,12H,5,9,11H2,1-4H3,(H,18,19). The number of hydrogen-bond acceptors (Lipinski definition) is 4. The number of hydrogen-bond donors (Lipinski definition) is 1. The summed E-state index contributed by atoms with van der Waals surface area (Å²) in [7, 11) is 3.88. The van der Waals surface area contributed by atoms with Gasteiger partial charge in [0.25, 0.3) is 0 Å². The quantitative estimate of drug-likeness (QED) is 0.561. The van der Waals surface area contributed by atoms with Crippen LogP contribution in [0.25, 0.3) is 5.65 Å². The van der Waals surface area contributed by atoms with Crippen molar-refractivity contribution < 1.29 is 0 Å². The SMILES string of the molecule is CCNC(=NCc1cn2c(C)cccc2n1)N(C)Cc1ncnn1C. The first-order valence-electron chi connectivity index (χ1n) is 8.34. The third kappa shape index (κ3) is 3.78. The molecule has 25 heavy (non-hydrogen) atoms. The van der Waals surface area contributed by atoms with Crippen molar-refractivity contribution in [2.45, 2.75) is 26.9 Å². The van der Waals surface area contributed by atoms with Gasteiger partial charge in [-0.2, -0.15) is 5.10 Å². The van der Waals surface area contributed by atoms with Crippen molar-refractivity contribution in [3.8, 4) is 0 Å². The second-order valence-electron chi connectivity index (χ2n) is 5.95. The van der Waals surface area contributed by atoms with E-state index in [2.05, 4.69) is 44.7 Å². The van der Waals surface area contributed by atoms with E-state index in [-0.39, 0.29) is 0 Å². The molecule has 3 rings (SSSR count). The van der Waals surface area contributed by atoms with Crippen LogP contribution >= 0.6 is 0 Å². The summed E-state index contributed by atoms with van der Waals surface area (Å²) in [5, 5.41) is 7.42. The molecule has 8 nitrogen and oxygen atoms in total. The van der Waals surface area contributed by atoms with Gasteiger partial charge in [-0.15, -0.1) is 0 Å². The highest BCUT2D eigenvalue weighted by molar-refractivity contribution is 5.79. The van der Waals surface area contributed by atoms with Crippen LogP contribution in [0.3, 0.4) is 0 Å². The molecule has 3 aromatic heterocycles. The number of rotatable bonds is 5. The van der Waals surface area contributed by atoms with E-state index < -0.39 is 0 Å². The largest absolute Gasteiger partial charge is 0.357 e. The van der Waals surface area contributed by atoms with E-state index in [0.717, 1.165) is 35.4 Å². The second kappa shape index (κ2) is 7.33. The Labute approximate surface area is 147 Å². The van der Waals surface area contributed by atoms with Gasteiger partial charge in [0.15, 0.2) is 5.96 Å². The number of pyridine rings is 1. The molecule has 0 radical (unpaired) electrons. The molecule has 3 aromatic rings. The normalized spacial score (nSPS) is 11.9. The molecular formula is C17H24N8. The molecule has 0 aliphatic rings. The third-order valence-corrected chi connectivity index (χ3v) is 4.02. The van der Waals surface area contributed by atoms with Crippen molar-refractivity contribution in [3.05, 3.63) is 47.9 Å². The fourth-order valence-corrected chi connectivity index (χ4v) is 2.65. The van der Waals surface area contributed by atoms with Gasteiger partial charge in [-0.25, -0.2) is 15.0 Å². The zero-order valence-corrected chi connectivity index (χ0v) is 15.1. The summed E-state index contributed by atoms with van der Waals surface area (Å²) >= 11 is 0. The lowest BCUT2D eigenvalue weighted by Gasteiger charge is -2.21. The number of aryl methyl sites for hydroxylation is 2. The number of aliphatic imine (C=N–C) groups is 1. The maximum absolute atomic E-state index is 4.72. The van der Waals surface area contributed by atoms with E-state index in [1.54, 1.807) is 11.0 Å². The molecule has 0 aliphatic carbocycles. The van der Waals surface area contributed by atoms with Gasteiger partial charge in [0.05, 0.1) is 18.8 Å². The Kier molecular flexibility index (Phi) is 4.97. The number of nitrogens with zero attached hydrogens (tertiary/aromatic N) is 7. The topological polar surface area (TPSA) is 75.6 Å². The lowest BCUT2D eigenvalue weighted by Crippen LogP contribution is -2.39. The molecule has 3 heterocycles. The fourth-order valence-electron chi connectivity index (χ4n) is 2.65. The van der Waals surface area contributed by atoms with Crippen molar-refractivity contribution in [3.63, 3.8) is 0 Å². The minimum absolute atomic E-state index is 0.520. The Morgan fingerprint density at radius 2 is 2.20 bits per heavy atom. The van der Waals surface area contributed by atoms with Crippen LogP contribution in [0.4, 0.5) is 0 Å². The van der Waals surface area contributed by atoms with E-state index in [0.29, 0.717) is 13.1 Å². The first-order chi connectivity index (χ1) is 12.1. The van der Waals surface area contributed by atoms with Crippen LogP contribution in [-0.4, -0.2) is 48.6 Å². The summed E-state index contributed by atoms with van der Waals surface area (Å²) < 4.78 is 3.85. The summed E-state index contributed by atoms with van der Waals surface area (Å²) in [6, 6.07) is 6.09. The number of fused-ring (bicyclic) bond motifs is 1. The van der Waals surface area contributed by atoms with Crippen LogP contribution in [0.5, 0.6) is 0 Å². The predicted molar refractivity (Wildman–Crippen MR) is 97.2 cm³/mol. The van der Waals surface area contributed by atoms with Crippen LogP contribution in [0.2, 0.25) is 0 Å². The second-order valence-corrected chi connectivity index (χ2v) is 5.95.